The molecule has 1 heterocycles. The smallest absolute Gasteiger partial charge is 0.311 e. The minimum atomic E-state index is -0.268. The monoisotopic (exact) mass is 256 g/mol. The minimum Gasteiger partial charge on any atom is -0.469 e. The summed E-state index contributed by atoms with van der Waals surface area (Å²) in [5.41, 5.74) is 5.64. The lowest BCUT2D eigenvalue weighted by Crippen LogP contribution is -2.16. The molecule has 0 atom stereocenters. The summed E-state index contributed by atoms with van der Waals surface area (Å²) < 4.78 is 6.31. The Balaban J connectivity index is 2.14. The van der Waals surface area contributed by atoms with Crippen molar-refractivity contribution in [3.63, 3.8) is 0 Å². The number of aryl methyl sites for hydroxylation is 2. The minimum absolute atomic E-state index is 0.205. The molecule has 0 spiro atoms. The maximum Gasteiger partial charge on any atom is 0.311 e. The fourth-order valence-electron chi connectivity index (χ4n) is 2.78. The van der Waals surface area contributed by atoms with Crippen molar-refractivity contribution < 1.29 is 9.53 Å². The van der Waals surface area contributed by atoms with Crippen LogP contribution >= 0.6 is 0 Å². The lowest BCUT2D eigenvalue weighted by Gasteiger charge is -2.17. The highest BCUT2D eigenvalue weighted by atomic mass is 16.5. The molecule has 0 saturated heterocycles. The Bertz CT molecular complexity index is 644. The molecular formula is C15H16N2O2. The number of esters is 1. The van der Waals surface area contributed by atoms with Crippen molar-refractivity contribution in [1.82, 2.24) is 4.68 Å². The van der Waals surface area contributed by atoms with Gasteiger partial charge in [0.05, 0.1) is 19.2 Å². The first kappa shape index (κ1) is 11.8. The number of nitrogens with zero attached hydrogens (tertiary/aromatic N) is 1. The summed E-state index contributed by atoms with van der Waals surface area (Å²) >= 11 is 0. The molecule has 0 aliphatic heterocycles. The molecule has 0 unspecified atom stereocenters. The largest absolute Gasteiger partial charge is 0.469 e. The number of fused-ring (bicyclic) bond motifs is 3. The van der Waals surface area contributed by atoms with Crippen LogP contribution in [0.2, 0.25) is 0 Å². The third-order valence-corrected chi connectivity index (χ3v) is 3.71. The molecule has 1 aliphatic carbocycles. The Labute approximate surface area is 111 Å². The summed E-state index contributed by atoms with van der Waals surface area (Å²) in [5.74, 6) is 5.72. The summed E-state index contributed by atoms with van der Waals surface area (Å²) in [4.78, 5) is 11.5. The summed E-state index contributed by atoms with van der Waals surface area (Å²) in [6.45, 7) is 0. The van der Waals surface area contributed by atoms with E-state index in [2.05, 4.69) is 12.1 Å². The molecule has 1 aromatic carbocycles. The van der Waals surface area contributed by atoms with Crippen LogP contribution in [0.25, 0.3) is 11.1 Å². The molecule has 0 fully saturated rings. The number of methoxy groups -OCH3 is 1. The second-order valence-corrected chi connectivity index (χ2v) is 4.79. The van der Waals surface area contributed by atoms with Crippen LogP contribution in [0.3, 0.4) is 0 Å². The standard InChI is InChI=1S/C15H16N2O2/c1-19-14(18)8-13-15-11(9-17(13)16)7-6-10-4-2-3-5-12(10)15/h2-5,9H,6-8,16H2,1H3. The lowest BCUT2D eigenvalue weighted by atomic mass is 9.86. The number of ether oxygens (including phenoxy) is 1. The number of rotatable bonds is 2. The molecule has 1 aromatic heterocycles. The molecule has 4 nitrogen and oxygen atoms in total. The fraction of sp³-hybridized carbons (Fsp3) is 0.267. The van der Waals surface area contributed by atoms with Gasteiger partial charge in [-0.2, -0.15) is 0 Å². The van der Waals surface area contributed by atoms with Crippen LogP contribution in [-0.4, -0.2) is 17.8 Å². The molecule has 19 heavy (non-hydrogen) atoms. The first-order valence-electron chi connectivity index (χ1n) is 6.34. The van der Waals surface area contributed by atoms with Crippen LogP contribution < -0.4 is 5.84 Å². The molecule has 2 aromatic rings. The van der Waals surface area contributed by atoms with E-state index in [0.29, 0.717) is 0 Å². The average molecular weight is 256 g/mol. The molecule has 0 radical (unpaired) electrons. The zero-order valence-electron chi connectivity index (χ0n) is 10.8. The van der Waals surface area contributed by atoms with E-state index in [4.69, 9.17) is 10.6 Å². The van der Waals surface area contributed by atoms with Crippen LogP contribution in [0.4, 0.5) is 0 Å². The quantitative estimate of drug-likeness (QED) is 0.657. The fourth-order valence-corrected chi connectivity index (χ4v) is 2.78. The number of aromatic nitrogens is 1. The second kappa shape index (κ2) is 4.46. The molecule has 0 saturated carbocycles. The van der Waals surface area contributed by atoms with Crippen LogP contribution in [0.5, 0.6) is 0 Å². The molecule has 0 bridgehead atoms. The highest BCUT2D eigenvalue weighted by Crippen LogP contribution is 2.36. The van der Waals surface area contributed by atoms with E-state index in [0.717, 1.165) is 24.1 Å². The third-order valence-electron chi connectivity index (χ3n) is 3.71. The van der Waals surface area contributed by atoms with Crippen LogP contribution in [-0.2, 0) is 28.8 Å². The Kier molecular flexibility index (Phi) is 2.78. The van der Waals surface area contributed by atoms with E-state index in [1.54, 1.807) is 4.68 Å². The van der Waals surface area contributed by atoms with Crippen molar-refractivity contribution in [3.8, 4) is 11.1 Å². The van der Waals surface area contributed by atoms with Crippen molar-refractivity contribution in [2.24, 2.45) is 0 Å². The van der Waals surface area contributed by atoms with Crippen molar-refractivity contribution in [2.75, 3.05) is 13.0 Å². The highest BCUT2D eigenvalue weighted by Gasteiger charge is 2.23. The van der Waals surface area contributed by atoms with Gasteiger partial charge in [0.25, 0.3) is 0 Å². The van der Waals surface area contributed by atoms with Gasteiger partial charge in [-0.1, -0.05) is 24.3 Å². The van der Waals surface area contributed by atoms with Crippen LogP contribution in [0.1, 0.15) is 16.8 Å². The second-order valence-electron chi connectivity index (χ2n) is 4.79. The van der Waals surface area contributed by atoms with Crippen molar-refractivity contribution in [3.05, 3.63) is 47.3 Å². The molecular weight excluding hydrogens is 240 g/mol. The first-order valence-corrected chi connectivity index (χ1v) is 6.34. The van der Waals surface area contributed by atoms with E-state index in [9.17, 15) is 4.79 Å². The number of benzene rings is 1. The van der Waals surface area contributed by atoms with Gasteiger partial charge in [-0.15, -0.1) is 0 Å². The summed E-state index contributed by atoms with van der Waals surface area (Å²) in [6.07, 6.45) is 4.11. The Morgan fingerprint density at radius 1 is 1.32 bits per heavy atom. The maximum absolute atomic E-state index is 11.5. The van der Waals surface area contributed by atoms with E-state index >= 15 is 0 Å². The number of nitrogens with two attached hydrogens (primary N) is 1. The van der Waals surface area contributed by atoms with Gasteiger partial charge in [-0.25, -0.2) is 0 Å². The average Bonchev–Trinajstić information content (AvgIpc) is 2.75. The van der Waals surface area contributed by atoms with Gasteiger partial charge in [-0.3, -0.25) is 9.47 Å². The van der Waals surface area contributed by atoms with E-state index in [1.165, 1.54) is 23.8 Å². The molecule has 0 amide bonds. The summed E-state index contributed by atoms with van der Waals surface area (Å²) in [7, 11) is 1.40. The van der Waals surface area contributed by atoms with Crippen LogP contribution in [0.15, 0.2) is 30.5 Å². The van der Waals surface area contributed by atoms with Gasteiger partial charge in [-0.05, 0) is 29.5 Å². The van der Waals surface area contributed by atoms with E-state index < -0.39 is 0 Å². The zero-order valence-corrected chi connectivity index (χ0v) is 10.8. The third kappa shape index (κ3) is 1.89. The summed E-state index contributed by atoms with van der Waals surface area (Å²) in [5, 5.41) is 0. The van der Waals surface area contributed by atoms with E-state index in [1.807, 2.05) is 18.3 Å². The van der Waals surface area contributed by atoms with Gasteiger partial charge < -0.3 is 10.6 Å². The number of hydrogen-bond donors (Lipinski definition) is 1. The van der Waals surface area contributed by atoms with Crippen molar-refractivity contribution in [1.29, 1.82) is 0 Å². The predicted octanol–water partition coefficient (Wildman–Crippen LogP) is 1.68. The lowest BCUT2D eigenvalue weighted by molar-refractivity contribution is -0.139. The summed E-state index contributed by atoms with van der Waals surface area (Å²) in [6, 6.07) is 8.29. The SMILES string of the molecule is COC(=O)Cc1c2c(cn1N)CCc1ccccc1-2. The van der Waals surface area contributed by atoms with Crippen molar-refractivity contribution >= 4 is 5.97 Å². The number of carbonyl (C=O) groups excluding carboxylic acids is 1. The van der Waals surface area contributed by atoms with Gasteiger partial charge in [0.2, 0.25) is 0 Å². The molecule has 4 heteroatoms. The molecule has 98 valence electrons. The van der Waals surface area contributed by atoms with Gasteiger partial charge >= 0.3 is 5.97 Å². The zero-order chi connectivity index (χ0) is 13.4. The Morgan fingerprint density at radius 2 is 2.05 bits per heavy atom. The van der Waals surface area contributed by atoms with Crippen molar-refractivity contribution in [2.45, 2.75) is 19.3 Å². The first-order chi connectivity index (χ1) is 9.20. The van der Waals surface area contributed by atoms with Crippen LogP contribution in [0, 0.1) is 0 Å². The normalized spacial score (nSPS) is 12.7. The number of carbonyl (C=O) groups is 1. The number of nitrogen functional groups attached to an aromatic ring is 1. The molecule has 3 rings (SSSR count). The van der Waals surface area contributed by atoms with E-state index in [-0.39, 0.29) is 12.4 Å². The molecule has 1 aliphatic rings. The highest BCUT2D eigenvalue weighted by molar-refractivity contribution is 5.81. The Morgan fingerprint density at radius 3 is 2.84 bits per heavy atom. The Hall–Kier alpha value is -2.23. The molecule has 2 N–H and O–H groups in total. The number of hydrogen-bond acceptors (Lipinski definition) is 3. The van der Waals surface area contributed by atoms with Gasteiger partial charge in [0, 0.05) is 11.8 Å². The topological polar surface area (TPSA) is 57.2 Å². The van der Waals surface area contributed by atoms with Gasteiger partial charge in [0.15, 0.2) is 0 Å². The predicted molar refractivity (Wildman–Crippen MR) is 73.1 cm³/mol. The maximum atomic E-state index is 11.5. The van der Waals surface area contributed by atoms with Gasteiger partial charge in [0.1, 0.15) is 0 Å².